The van der Waals surface area contributed by atoms with Crippen LogP contribution >= 0.6 is 11.6 Å². The van der Waals surface area contributed by atoms with Gasteiger partial charge in [0, 0.05) is 23.7 Å². The molecule has 1 unspecified atom stereocenters. The Balaban J connectivity index is 1.35. The lowest BCUT2D eigenvalue weighted by Crippen LogP contribution is -2.46. The fourth-order valence-corrected chi connectivity index (χ4v) is 4.87. The standard InChI is InChI=1S/C24H29ClFN3O/c1-16-6-5-9-27-22(16)17(2)28-23(30)19-13-24(26,14-19)20-8-7-18(21(25)12-20)15-29-10-3-4-11-29/h5-9,12,17,19H,3-4,10-11,13-15H2,1-2H3,(H,28,30). The third-order valence-electron chi connectivity index (χ3n) is 6.49. The van der Waals surface area contributed by atoms with Crippen molar-refractivity contribution in [2.75, 3.05) is 13.1 Å². The number of likely N-dealkylation sites (tertiary alicyclic amines) is 1. The number of rotatable bonds is 6. The third-order valence-corrected chi connectivity index (χ3v) is 6.84. The van der Waals surface area contributed by atoms with Crippen molar-refractivity contribution < 1.29 is 9.18 Å². The smallest absolute Gasteiger partial charge is 0.223 e. The van der Waals surface area contributed by atoms with Gasteiger partial charge in [-0.15, -0.1) is 0 Å². The predicted octanol–water partition coefficient (Wildman–Crippen LogP) is 5.09. The summed E-state index contributed by atoms with van der Waals surface area (Å²) < 4.78 is 15.4. The molecule has 1 aliphatic heterocycles. The first-order valence-corrected chi connectivity index (χ1v) is 11.2. The van der Waals surface area contributed by atoms with E-state index in [0.29, 0.717) is 10.6 Å². The van der Waals surface area contributed by atoms with Crippen molar-refractivity contribution in [2.24, 2.45) is 5.92 Å². The zero-order chi connectivity index (χ0) is 21.3. The van der Waals surface area contributed by atoms with Gasteiger partial charge in [-0.2, -0.15) is 0 Å². The van der Waals surface area contributed by atoms with Gasteiger partial charge in [0.2, 0.25) is 5.91 Å². The molecule has 1 atom stereocenters. The highest BCUT2D eigenvalue weighted by Gasteiger charge is 2.49. The summed E-state index contributed by atoms with van der Waals surface area (Å²) in [6.45, 7) is 6.89. The molecule has 2 fully saturated rings. The molecule has 2 aliphatic rings. The van der Waals surface area contributed by atoms with Crippen molar-refractivity contribution in [1.82, 2.24) is 15.2 Å². The summed E-state index contributed by atoms with van der Waals surface area (Å²) in [4.78, 5) is 19.4. The Bertz CT molecular complexity index is 922. The molecule has 0 spiro atoms. The number of nitrogens with zero attached hydrogens (tertiary/aromatic N) is 2. The number of pyridine rings is 1. The Labute approximate surface area is 182 Å². The van der Waals surface area contributed by atoms with E-state index >= 15 is 4.39 Å². The van der Waals surface area contributed by atoms with E-state index in [2.05, 4.69) is 15.2 Å². The molecular formula is C24H29ClFN3O. The lowest BCUT2D eigenvalue weighted by Gasteiger charge is -2.41. The van der Waals surface area contributed by atoms with E-state index in [0.717, 1.165) is 36.5 Å². The van der Waals surface area contributed by atoms with Crippen LogP contribution in [0.5, 0.6) is 0 Å². The maximum absolute atomic E-state index is 15.4. The molecule has 6 heteroatoms. The predicted molar refractivity (Wildman–Crippen MR) is 117 cm³/mol. The zero-order valence-electron chi connectivity index (χ0n) is 17.6. The van der Waals surface area contributed by atoms with Crippen LogP contribution in [0.4, 0.5) is 4.39 Å². The van der Waals surface area contributed by atoms with Crippen molar-refractivity contribution in [3.63, 3.8) is 0 Å². The number of nitrogens with one attached hydrogen (secondary N) is 1. The molecule has 1 N–H and O–H groups in total. The Morgan fingerprint density at radius 2 is 2.07 bits per heavy atom. The monoisotopic (exact) mass is 429 g/mol. The largest absolute Gasteiger partial charge is 0.348 e. The second kappa shape index (κ2) is 8.64. The minimum atomic E-state index is -1.48. The molecule has 0 bridgehead atoms. The van der Waals surface area contributed by atoms with E-state index in [1.54, 1.807) is 12.3 Å². The maximum Gasteiger partial charge on any atom is 0.223 e. The van der Waals surface area contributed by atoms with Gasteiger partial charge in [0.25, 0.3) is 0 Å². The fraction of sp³-hybridized carbons (Fsp3) is 0.500. The normalized spacial score (nSPS) is 25.0. The Morgan fingerprint density at radius 1 is 1.33 bits per heavy atom. The van der Waals surface area contributed by atoms with Crippen LogP contribution in [0.2, 0.25) is 5.02 Å². The number of amides is 1. The Hall–Kier alpha value is -1.98. The molecule has 4 rings (SSSR count). The van der Waals surface area contributed by atoms with Gasteiger partial charge in [0.15, 0.2) is 0 Å². The second-order valence-electron chi connectivity index (χ2n) is 8.80. The van der Waals surface area contributed by atoms with E-state index in [1.165, 1.54) is 12.8 Å². The molecule has 4 nitrogen and oxygen atoms in total. The molecule has 1 aromatic heterocycles. The SMILES string of the molecule is Cc1cccnc1C(C)NC(=O)C1CC(F)(c2ccc(CN3CCCC3)c(Cl)c2)C1. The molecule has 2 heterocycles. The van der Waals surface area contributed by atoms with Crippen LogP contribution < -0.4 is 5.32 Å². The number of hydrogen-bond donors (Lipinski definition) is 1. The fourth-order valence-electron chi connectivity index (χ4n) is 4.63. The van der Waals surface area contributed by atoms with Crippen molar-refractivity contribution in [2.45, 2.75) is 57.8 Å². The van der Waals surface area contributed by atoms with Gasteiger partial charge in [0.1, 0.15) is 5.67 Å². The Morgan fingerprint density at radius 3 is 2.73 bits per heavy atom. The van der Waals surface area contributed by atoms with Gasteiger partial charge in [0.05, 0.1) is 11.7 Å². The van der Waals surface area contributed by atoms with E-state index in [9.17, 15) is 4.79 Å². The van der Waals surface area contributed by atoms with Gasteiger partial charge < -0.3 is 5.32 Å². The van der Waals surface area contributed by atoms with Gasteiger partial charge >= 0.3 is 0 Å². The average Bonchev–Trinajstić information content (AvgIpc) is 3.20. The second-order valence-corrected chi connectivity index (χ2v) is 9.20. The van der Waals surface area contributed by atoms with Crippen LogP contribution in [0.1, 0.15) is 61.0 Å². The number of carbonyl (C=O) groups excluding carboxylic acids is 1. The average molecular weight is 430 g/mol. The van der Waals surface area contributed by atoms with Gasteiger partial charge in [-0.3, -0.25) is 14.7 Å². The van der Waals surface area contributed by atoms with Crippen LogP contribution in [0.15, 0.2) is 36.5 Å². The summed E-state index contributed by atoms with van der Waals surface area (Å²) in [5.74, 6) is -0.443. The highest BCUT2D eigenvalue weighted by atomic mass is 35.5. The van der Waals surface area contributed by atoms with E-state index in [1.807, 2.05) is 38.1 Å². The molecular weight excluding hydrogens is 401 g/mol. The topological polar surface area (TPSA) is 45.2 Å². The highest BCUT2D eigenvalue weighted by Crippen LogP contribution is 2.50. The summed E-state index contributed by atoms with van der Waals surface area (Å²) in [5, 5.41) is 3.60. The molecule has 30 heavy (non-hydrogen) atoms. The number of carbonyl (C=O) groups is 1. The summed E-state index contributed by atoms with van der Waals surface area (Å²) in [7, 11) is 0. The zero-order valence-corrected chi connectivity index (χ0v) is 18.4. The van der Waals surface area contributed by atoms with Gasteiger partial charge in [-0.1, -0.05) is 29.8 Å². The van der Waals surface area contributed by atoms with Crippen molar-refractivity contribution in [3.8, 4) is 0 Å². The van der Waals surface area contributed by atoms with E-state index < -0.39 is 5.67 Å². The summed E-state index contributed by atoms with van der Waals surface area (Å²) in [6.07, 6.45) is 4.55. The molecule has 0 radical (unpaired) electrons. The van der Waals surface area contributed by atoms with Gasteiger partial charge in [-0.05, 0) is 81.4 Å². The number of halogens is 2. The Kier molecular flexibility index (Phi) is 6.12. The van der Waals surface area contributed by atoms with E-state index in [-0.39, 0.29) is 30.7 Å². The maximum atomic E-state index is 15.4. The highest BCUT2D eigenvalue weighted by molar-refractivity contribution is 6.31. The first kappa shape index (κ1) is 21.3. The first-order chi connectivity index (χ1) is 14.4. The molecule has 1 saturated carbocycles. The summed E-state index contributed by atoms with van der Waals surface area (Å²) >= 11 is 6.47. The molecule has 1 aromatic carbocycles. The summed E-state index contributed by atoms with van der Waals surface area (Å²) in [6, 6.07) is 9.17. The van der Waals surface area contributed by atoms with Crippen LogP contribution in [0.25, 0.3) is 0 Å². The number of benzene rings is 1. The number of aryl methyl sites for hydroxylation is 1. The lowest BCUT2D eigenvalue weighted by molar-refractivity contribution is -0.135. The van der Waals surface area contributed by atoms with Crippen molar-refractivity contribution >= 4 is 17.5 Å². The molecule has 160 valence electrons. The lowest BCUT2D eigenvalue weighted by atomic mass is 9.68. The molecule has 2 aromatic rings. The van der Waals surface area contributed by atoms with Crippen molar-refractivity contribution in [3.05, 3.63) is 63.9 Å². The number of aromatic nitrogens is 1. The van der Waals surface area contributed by atoms with E-state index in [4.69, 9.17) is 11.6 Å². The van der Waals surface area contributed by atoms with Crippen LogP contribution in [-0.4, -0.2) is 28.9 Å². The third kappa shape index (κ3) is 4.37. The van der Waals surface area contributed by atoms with Crippen LogP contribution in [0, 0.1) is 12.8 Å². The first-order valence-electron chi connectivity index (χ1n) is 10.8. The molecule has 1 aliphatic carbocycles. The minimum absolute atomic E-state index is 0.113. The summed E-state index contributed by atoms with van der Waals surface area (Å²) in [5.41, 5.74) is 2.01. The van der Waals surface area contributed by atoms with Crippen LogP contribution in [-0.2, 0) is 17.0 Å². The number of alkyl halides is 1. The minimum Gasteiger partial charge on any atom is -0.348 e. The van der Waals surface area contributed by atoms with Gasteiger partial charge in [-0.25, -0.2) is 4.39 Å². The number of hydrogen-bond acceptors (Lipinski definition) is 3. The van der Waals surface area contributed by atoms with Crippen LogP contribution in [0.3, 0.4) is 0 Å². The quantitative estimate of drug-likeness (QED) is 0.695. The van der Waals surface area contributed by atoms with Crippen molar-refractivity contribution in [1.29, 1.82) is 0 Å². The molecule has 1 amide bonds. The molecule has 1 saturated heterocycles.